The van der Waals surface area contributed by atoms with Crippen LogP contribution in [0, 0.1) is 15.9 Å². The van der Waals surface area contributed by atoms with Crippen molar-refractivity contribution in [2.24, 2.45) is 12.8 Å². The quantitative estimate of drug-likeness (QED) is 0.0848. The lowest BCUT2D eigenvalue weighted by Gasteiger charge is -2.28. The van der Waals surface area contributed by atoms with Crippen LogP contribution in [-0.2, 0) is 18.4 Å². The number of primary amides is 1. The molecule has 16 nitrogen and oxygen atoms in total. The van der Waals surface area contributed by atoms with Gasteiger partial charge >= 0.3 is 17.5 Å². The van der Waals surface area contributed by atoms with E-state index in [2.05, 4.69) is 35.9 Å². The lowest BCUT2D eigenvalue weighted by atomic mass is 10.0. The predicted octanol–water partition coefficient (Wildman–Crippen LogP) is 3.86. The zero-order valence-electron chi connectivity index (χ0n) is 27.8. The number of dihydropyridines is 1. The van der Waals surface area contributed by atoms with Gasteiger partial charge in [0.05, 0.1) is 17.3 Å². The molecule has 0 saturated heterocycles. The van der Waals surface area contributed by atoms with Crippen LogP contribution in [0.15, 0.2) is 73.4 Å². The third kappa shape index (κ3) is 8.24. The molecule has 0 spiro atoms. The van der Waals surface area contributed by atoms with Gasteiger partial charge in [-0.1, -0.05) is 18.2 Å². The zero-order chi connectivity index (χ0) is 36.0. The zero-order valence-corrected chi connectivity index (χ0v) is 27.8. The van der Waals surface area contributed by atoms with Crippen molar-refractivity contribution in [2.45, 2.75) is 38.4 Å². The fourth-order valence-electron chi connectivity index (χ4n) is 5.06. The molecule has 50 heavy (non-hydrogen) atoms. The normalized spacial score (nSPS) is 16.0. The minimum atomic E-state index is -0.868. The summed E-state index contributed by atoms with van der Waals surface area (Å²) in [6, 6.07) is 5.97. The number of hydrogen-bond acceptors (Lipinski definition) is 12. The van der Waals surface area contributed by atoms with E-state index in [0.29, 0.717) is 28.8 Å². The van der Waals surface area contributed by atoms with Gasteiger partial charge in [-0.3, -0.25) is 19.1 Å². The maximum atomic E-state index is 15.0. The number of amides is 2. The van der Waals surface area contributed by atoms with Crippen LogP contribution >= 0.6 is 0 Å². The summed E-state index contributed by atoms with van der Waals surface area (Å²) in [7, 11) is 3.25. The van der Waals surface area contributed by atoms with E-state index in [1.54, 1.807) is 31.5 Å². The fraction of sp³-hybridized carbons (Fsp3) is 0.273. The van der Waals surface area contributed by atoms with Crippen molar-refractivity contribution in [1.29, 1.82) is 0 Å². The number of carbonyl (C=O) groups excluding carboxylic acids is 2. The smallest absolute Gasteiger partial charge is 0.387 e. The summed E-state index contributed by atoms with van der Waals surface area (Å²) in [6.45, 7) is 4.17. The monoisotopic (exact) mass is 685 g/mol. The van der Waals surface area contributed by atoms with Gasteiger partial charge in [0.1, 0.15) is 30.3 Å². The summed E-state index contributed by atoms with van der Waals surface area (Å²) in [5.41, 5.74) is 5.99. The number of pyridine rings is 1. The number of fused-ring (bicyclic) bond motifs is 1. The molecule has 1 aliphatic rings. The molecule has 260 valence electrons. The van der Waals surface area contributed by atoms with E-state index in [0.717, 1.165) is 0 Å². The van der Waals surface area contributed by atoms with Gasteiger partial charge in [0.15, 0.2) is 11.6 Å². The highest BCUT2D eigenvalue weighted by atomic mass is 19.1. The molecule has 2 atom stereocenters. The Kier molecular flexibility index (Phi) is 10.5. The van der Waals surface area contributed by atoms with E-state index < -0.39 is 33.9 Å². The predicted molar refractivity (Wildman–Crippen MR) is 184 cm³/mol. The average molecular weight is 686 g/mol. The Balaban J connectivity index is 1.19. The summed E-state index contributed by atoms with van der Waals surface area (Å²) < 4.78 is 22.0. The number of benzene rings is 1. The maximum Gasteiger partial charge on any atom is 0.387 e. The number of allylic oxidation sites excluding steroid dienone is 2. The van der Waals surface area contributed by atoms with Crippen LogP contribution in [0.2, 0.25) is 0 Å². The van der Waals surface area contributed by atoms with Crippen LogP contribution < -0.4 is 26.4 Å². The standard InChI is InChI=1S/C33H36FN11O5/c1-20(43(3)17-25-31(45(48)49)42-32(29(35)47)44(25)4)8-7-9-28(46)41-27-15-22-24(16-36-27)37-19-38-30(22)40-21-10-11-26(23(34)14-21)50-18-33(2)12-5-6-13-39-33/h5-7,9-16,19-20,39H,8,17-18H2,1-4H3,(H2,35,47)(H,36,41,46)(H,37,38,40). The van der Waals surface area contributed by atoms with Crippen LogP contribution in [0.4, 0.5) is 27.5 Å². The van der Waals surface area contributed by atoms with Crippen LogP contribution in [0.25, 0.3) is 10.9 Å². The second-order valence-corrected chi connectivity index (χ2v) is 11.9. The number of nitrogens with two attached hydrogens (primary N) is 1. The van der Waals surface area contributed by atoms with E-state index in [-0.39, 0.29) is 42.3 Å². The van der Waals surface area contributed by atoms with Crippen molar-refractivity contribution < 1.29 is 23.6 Å². The molecule has 0 aliphatic carbocycles. The first-order valence-electron chi connectivity index (χ1n) is 15.4. The molecule has 1 aromatic carbocycles. The Morgan fingerprint density at radius 2 is 2.06 bits per heavy atom. The molecule has 0 bridgehead atoms. The lowest BCUT2D eigenvalue weighted by molar-refractivity contribution is -0.390. The van der Waals surface area contributed by atoms with Gasteiger partial charge in [0.2, 0.25) is 5.91 Å². The van der Waals surface area contributed by atoms with E-state index in [1.165, 1.54) is 42.3 Å². The average Bonchev–Trinajstić information content (AvgIpc) is 3.40. The number of imidazole rings is 1. The highest BCUT2D eigenvalue weighted by molar-refractivity contribution is 6.00. The van der Waals surface area contributed by atoms with E-state index in [1.807, 2.05) is 37.0 Å². The van der Waals surface area contributed by atoms with E-state index in [9.17, 15) is 24.1 Å². The van der Waals surface area contributed by atoms with Gasteiger partial charge in [-0.15, -0.1) is 0 Å². The minimum Gasteiger partial charge on any atom is -0.488 e. The van der Waals surface area contributed by atoms with Crippen molar-refractivity contribution in [1.82, 2.24) is 34.7 Å². The van der Waals surface area contributed by atoms with Crippen LogP contribution in [-0.4, -0.2) is 71.4 Å². The first-order valence-corrected chi connectivity index (χ1v) is 15.4. The van der Waals surface area contributed by atoms with Crippen LogP contribution in [0.3, 0.4) is 0 Å². The number of nitrogens with zero attached hydrogens (tertiary/aromatic N) is 7. The van der Waals surface area contributed by atoms with Crippen molar-refractivity contribution >= 4 is 45.9 Å². The second-order valence-electron chi connectivity index (χ2n) is 11.9. The van der Waals surface area contributed by atoms with Gasteiger partial charge < -0.3 is 36.5 Å². The Morgan fingerprint density at radius 3 is 2.76 bits per heavy atom. The Labute approximate surface area is 286 Å². The molecular formula is C33H36FN11O5. The summed E-state index contributed by atoms with van der Waals surface area (Å²) in [5.74, 6) is -1.78. The topological polar surface area (TPSA) is 208 Å². The summed E-state index contributed by atoms with van der Waals surface area (Å²) in [5, 5.41) is 21.0. The fourth-order valence-corrected chi connectivity index (χ4v) is 5.06. The van der Waals surface area contributed by atoms with E-state index >= 15 is 0 Å². The third-order valence-electron chi connectivity index (χ3n) is 8.06. The molecule has 5 rings (SSSR count). The summed E-state index contributed by atoms with van der Waals surface area (Å²) >= 11 is 0. The number of hydrogen-bond donors (Lipinski definition) is 4. The van der Waals surface area contributed by atoms with Crippen molar-refractivity contribution in [3.8, 4) is 5.75 Å². The molecule has 3 aromatic heterocycles. The number of carbonyl (C=O) groups is 2. The van der Waals surface area contributed by atoms with Gasteiger partial charge in [-0.25, -0.2) is 19.3 Å². The maximum absolute atomic E-state index is 15.0. The highest BCUT2D eigenvalue weighted by Crippen LogP contribution is 2.28. The number of anilines is 3. The number of nitrogens with one attached hydrogen (secondary N) is 3. The summed E-state index contributed by atoms with van der Waals surface area (Å²) in [6.07, 6.45) is 13.8. The minimum absolute atomic E-state index is 0.105. The first-order chi connectivity index (χ1) is 23.8. The number of ether oxygens (including phenoxy) is 1. The summed E-state index contributed by atoms with van der Waals surface area (Å²) in [4.78, 5) is 53.6. The molecule has 17 heteroatoms. The molecular weight excluding hydrogens is 649 g/mol. The lowest BCUT2D eigenvalue weighted by Crippen LogP contribution is -2.43. The first kappa shape index (κ1) is 35.1. The SMILES string of the molecule is CC(CC=CC(=O)Nc1cc2c(Nc3ccc(OCC4(C)C=CC=CN4)c(F)c3)ncnc2cn1)N(C)Cc1c([N+](=O)[O-])nc(C(N)=O)n1C. The van der Waals surface area contributed by atoms with Gasteiger partial charge in [0, 0.05) is 36.8 Å². The third-order valence-corrected chi connectivity index (χ3v) is 8.06. The molecule has 1 aliphatic heterocycles. The largest absolute Gasteiger partial charge is 0.488 e. The van der Waals surface area contributed by atoms with Crippen molar-refractivity contribution in [2.75, 3.05) is 24.3 Å². The highest BCUT2D eigenvalue weighted by Gasteiger charge is 2.30. The number of halogens is 1. The molecule has 0 fully saturated rings. The Morgan fingerprint density at radius 1 is 1.26 bits per heavy atom. The number of aromatic nitrogens is 5. The number of nitro groups is 1. The molecule has 0 radical (unpaired) electrons. The van der Waals surface area contributed by atoms with Gasteiger partial charge in [-0.05, 0) is 73.8 Å². The van der Waals surface area contributed by atoms with Gasteiger partial charge in [0.25, 0.3) is 0 Å². The molecule has 4 heterocycles. The molecule has 0 saturated carbocycles. The molecule has 2 unspecified atom stereocenters. The van der Waals surface area contributed by atoms with Crippen molar-refractivity contribution in [3.05, 3.63) is 101 Å². The number of rotatable bonds is 14. The Bertz CT molecular complexity index is 2030. The molecule has 2 amide bonds. The molecule has 4 aromatic rings. The molecule has 5 N–H and O–H groups in total. The van der Waals surface area contributed by atoms with Crippen LogP contribution in [0.5, 0.6) is 5.75 Å². The second kappa shape index (κ2) is 14.9. The van der Waals surface area contributed by atoms with E-state index in [4.69, 9.17) is 10.5 Å². The van der Waals surface area contributed by atoms with Crippen molar-refractivity contribution in [3.63, 3.8) is 0 Å². The van der Waals surface area contributed by atoms with Crippen LogP contribution in [0.1, 0.15) is 36.6 Å². The van der Waals surface area contributed by atoms with Gasteiger partial charge in [-0.2, -0.15) is 0 Å². The Hall–Kier alpha value is -6.23.